The number of likely N-dealkylation sites (N-methyl/N-ethyl adjacent to an activating group) is 1. The van der Waals surface area contributed by atoms with E-state index in [4.69, 9.17) is 10.5 Å². The summed E-state index contributed by atoms with van der Waals surface area (Å²) < 4.78 is 5.20. The van der Waals surface area contributed by atoms with Crippen molar-refractivity contribution in [1.82, 2.24) is 4.90 Å². The van der Waals surface area contributed by atoms with Crippen molar-refractivity contribution in [2.45, 2.75) is 18.9 Å². The maximum atomic E-state index is 12.7. The summed E-state index contributed by atoms with van der Waals surface area (Å²) in [6.45, 7) is 0.549. The summed E-state index contributed by atoms with van der Waals surface area (Å²) >= 11 is 0. The quantitative estimate of drug-likeness (QED) is 0.855. The molecule has 0 aliphatic rings. The topological polar surface area (TPSA) is 55.6 Å². The highest BCUT2D eigenvalue weighted by Gasteiger charge is 2.21. The van der Waals surface area contributed by atoms with E-state index in [0.717, 1.165) is 12.8 Å². The molecule has 0 spiro atoms. The van der Waals surface area contributed by atoms with Crippen LogP contribution in [0.15, 0.2) is 54.6 Å². The number of methoxy groups -OCH3 is 1. The van der Waals surface area contributed by atoms with E-state index in [2.05, 4.69) is 12.1 Å². The first-order valence-electron chi connectivity index (χ1n) is 7.81. The first-order valence-corrected chi connectivity index (χ1v) is 7.81. The molecule has 0 heterocycles. The molecule has 2 N–H and O–H groups in total. The number of amides is 1. The molecule has 23 heavy (non-hydrogen) atoms. The molecule has 2 rings (SSSR count). The molecule has 4 nitrogen and oxygen atoms in total. The molecule has 1 unspecified atom stereocenters. The minimum absolute atomic E-state index is 0.0155. The van der Waals surface area contributed by atoms with E-state index in [0.29, 0.717) is 17.9 Å². The van der Waals surface area contributed by atoms with Gasteiger partial charge >= 0.3 is 0 Å². The first kappa shape index (κ1) is 17.0. The molecule has 0 radical (unpaired) electrons. The van der Waals surface area contributed by atoms with Crippen LogP contribution in [0.1, 0.15) is 22.3 Å². The molecule has 122 valence electrons. The predicted molar refractivity (Wildman–Crippen MR) is 92.7 cm³/mol. The normalized spacial score (nSPS) is 11.8. The van der Waals surface area contributed by atoms with E-state index in [-0.39, 0.29) is 11.9 Å². The summed E-state index contributed by atoms with van der Waals surface area (Å²) in [4.78, 5) is 14.5. The van der Waals surface area contributed by atoms with Gasteiger partial charge in [0.1, 0.15) is 5.75 Å². The monoisotopic (exact) mass is 312 g/mol. The minimum atomic E-state index is -0.0155. The zero-order valence-corrected chi connectivity index (χ0v) is 13.7. The van der Waals surface area contributed by atoms with Crippen molar-refractivity contribution in [3.8, 4) is 5.75 Å². The summed E-state index contributed by atoms with van der Waals surface area (Å²) in [5.74, 6) is 0.668. The van der Waals surface area contributed by atoms with Crippen LogP contribution >= 0.6 is 0 Å². The molecule has 1 amide bonds. The van der Waals surface area contributed by atoms with Crippen molar-refractivity contribution >= 4 is 5.91 Å². The second-order valence-electron chi connectivity index (χ2n) is 5.57. The number of rotatable bonds is 7. The van der Waals surface area contributed by atoms with Gasteiger partial charge in [-0.3, -0.25) is 4.79 Å². The van der Waals surface area contributed by atoms with E-state index >= 15 is 0 Å². The number of carbonyl (C=O) groups is 1. The Hall–Kier alpha value is -2.33. The molecular weight excluding hydrogens is 288 g/mol. The lowest BCUT2D eigenvalue weighted by Gasteiger charge is -2.28. The van der Waals surface area contributed by atoms with Gasteiger partial charge in [0.2, 0.25) is 0 Å². The van der Waals surface area contributed by atoms with Gasteiger partial charge in [0.25, 0.3) is 5.91 Å². The summed E-state index contributed by atoms with van der Waals surface area (Å²) in [7, 11) is 3.44. The summed E-state index contributed by atoms with van der Waals surface area (Å²) in [5.41, 5.74) is 7.58. The highest BCUT2D eigenvalue weighted by atomic mass is 16.5. The average Bonchev–Trinajstić information content (AvgIpc) is 2.61. The molecule has 0 saturated carbocycles. The van der Waals surface area contributed by atoms with Gasteiger partial charge in [0.05, 0.1) is 7.11 Å². The Kier molecular flexibility index (Phi) is 6.18. The Morgan fingerprint density at radius 1 is 1.17 bits per heavy atom. The van der Waals surface area contributed by atoms with E-state index in [1.54, 1.807) is 18.1 Å². The van der Waals surface area contributed by atoms with Crippen LogP contribution in [0.5, 0.6) is 5.75 Å². The van der Waals surface area contributed by atoms with Gasteiger partial charge in [0.15, 0.2) is 0 Å². The van der Waals surface area contributed by atoms with Crippen molar-refractivity contribution in [1.29, 1.82) is 0 Å². The molecule has 4 heteroatoms. The number of nitrogens with two attached hydrogens (primary N) is 1. The number of carbonyl (C=O) groups excluding carboxylic acids is 1. The SMILES string of the molecule is COc1cccc(C(=O)N(C)C(CCN)Cc2ccccc2)c1. The van der Waals surface area contributed by atoms with E-state index < -0.39 is 0 Å². The van der Waals surface area contributed by atoms with Crippen molar-refractivity contribution < 1.29 is 9.53 Å². The highest BCUT2D eigenvalue weighted by molar-refractivity contribution is 5.94. The molecular formula is C19H24N2O2. The molecule has 0 aliphatic carbocycles. The predicted octanol–water partition coefficient (Wildman–Crippen LogP) is 2.73. The van der Waals surface area contributed by atoms with Crippen molar-refractivity contribution in [3.05, 3.63) is 65.7 Å². The number of benzene rings is 2. The Balaban J connectivity index is 2.15. The lowest BCUT2D eigenvalue weighted by atomic mass is 10.0. The van der Waals surface area contributed by atoms with E-state index in [1.807, 2.05) is 43.4 Å². The first-order chi connectivity index (χ1) is 11.2. The molecule has 2 aromatic rings. The van der Waals surface area contributed by atoms with Crippen LogP contribution in [0.4, 0.5) is 0 Å². The lowest BCUT2D eigenvalue weighted by molar-refractivity contribution is 0.0725. The Bertz CT molecular complexity index is 628. The third kappa shape index (κ3) is 4.57. The van der Waals surface area contributed by atoms with Gasteiger partial charge in [-0.15, -0.1) is 0 Å². The van der Waals surface area contributed by atoms with Crippen LogP contribution in [0.2, 0.25) is 0 Å². The van der Waals surface area contributed by atoms with Gasteiger partial charge in [0, 0.05) is 18.7 Å². The summed E-state index contributed by atoms with van der Waals surface area (Å²) in [5, 5.41) is 0. The standard InChI is InChI=1S/C19H24N2O2/c1-21(19(22)16-9-6-10-18(14-16)23-2)17(11-12-20)13-15-7-4-3-5-8-15/h3-10,14,17H,11-13,20H2,1-2H3. The molecule has 0 bridgehead atoms. The number of ether oxygens (including phenoxy) is 1. The minimum Gasteiger partial charge on any atom is -0.497 e. The molecule has 1 atom stereocenters. The van der Waals surface area contributed by atoms with Crippen molar-refractivity contribution in [2.24, 2.45) is 5.73 Å². The van der Waals surface area contributed by atoms with Crippen LogP contribution in [0.25, 0.3) is 0 Å². The van der Waals surface area contributed by atoms with Crippen molar-refractivity contribution in [3.63, 3.8) is 0 Å². The van der Waals surface area contributed by atoms with Crippen LogP contribution in [0, 0.1) is 0 Å². The van der Waals surface area contributed by atoms with E-state index in [9.17, 15) is 4.79 Å². The fraction of sp³-hybridized carbons (Fsp3) is 0.316. The maximum Gasteiger partial charge on any atom is 0.253 e. The van der Waals surface area contributed by atoms with Gasteiger partial charge in [-0.05, 0) is 43.1 Å². The fourth-order valence-electron chi connectivity index (χ4n) is 2.64. The Morgan fingerprint density at radius 2 is 1.91 bits per heavy atom. The largest absolute Gasteiger partial charge is 0.497 e. The van der Waals surface area contributed by atoms with Gasteiger partial charge < -0.3 is 15.4 Å². The summed E-state index contributed by atoms with van der Waals surface area (Å²) in [6.07, 6.45) is 1.56. The number of nitrogens with zero attached hydrogens (tertiary/aromatic N) is 1. The second kappa shape index (κ2) is 8.34. The number of hydrogen-bond acceptors (Lipinski definition) is 3. The molecule has 0 saturated heterocycles. The maximum absolute atomic E-state index is 12.7. The zero-order valence-electron chi connectivity index (χ0n) is 13.7. The Labute approximate surface area is 137 Å². The van der Waals surface area contributed by atoms with Gasteiger partial charge in [-0.1, -0.05) is 36.4 Å². The molecule has 0 fully saturated rings. The smallest absolute Gasteiger partial charge is 0.253 e. The van der Waals surface area contributed by atoms with Crippen LogP contribution in [-0.2, 0) is 6.42 Å². The molecule has 2 aromatic carbocycles. The highest BCUT2D eigenvalue weighted by Crippen LogP contribution is 2.17. The average molecular weight is 312 g/mol. The molecule has 0 aromatic heterocycles. The van der Waals surface area contributed by atoms with Crippen LogP contribution < -0.4 is 10.5 Å². The van der Waals surface area contributed by atoms with Gasteiger partial charge in [-0.2, -0.15) is 0 Å². The van der Waals surface area contributed by atoms with Gasteiger partial charge in [-0.25, -0.2) is 0 Å². The third-order valence-electron chi connectivity index (χ3n) is 4.00. The van der Waals surface area contributed by atoms with E-state index in [1.165, 1.54) is 5.56 Å². The van der Waals surface area contributed by atoms with Crippen LogP contribution in [0.3, 0.4) is 0 Å². The van der Waals surface area contributed by atoms with Crippen LogP contribution in [-0.4, -0.2) is 37.6 Å². The summed E-state index contributed by atoms with van der Waals surface area (Å²) in [6, 6.07) is 17.5. The number of hydrogen-bond donors (Lipinski definition) is 1. The van der Waals surface area contributed by atoms with Crippen molar-refractivity contribution in [2.75, 3.05) is 20.7 Å². The second-order valence-corrected chi connectivity index (χ2v) is 5.57. The lowest BCUT2D eigenvalue weighted by Crippen LogP contribution is -2.39. The Morgan fingerprint density at radius 3 is 2.57 bits per heavy atom. The fourth-order valence-corrected chi connectivity index (χ4v) is 2.64. The molecule has 0 aliphatic heterocycles. The third-order valence-corrected chi connectivity index (χ3v) is 4.00. The zero-order chi connectivity index (χ0) is 16.7.